The van der Waals surface area contributed by atoms with Gasteiger partial charge in [0, 0.05) is 85.5 Å². The molecule has 16 nitrogen and oxygen atoms in total. The van der Waals surface area contributed by atoms with E-state index in [0.717, 1.165) is 51.6 Å². The molecule has 6 aromatic heterocycles. The van der Waals surface area contributed by atoms with Crippen molar-refractivity contribution >= 4 is 115 Å². The van der Waals surface area contributed by atoms with E-state index in [-0.39, 0.29) is 22.6 Å². The van der Waals surface area contributed by atoms with Crippen molar-refractivity contribution in [3.63, 3.8) is 0 Å². The summed E-state index contributed by atoms with van der Waals surface area (Å²) in [6.07, 6.45) is 9.54. The second-order valence-corrected chi connectivity index (χ2v) is 21.5. The molecule has 10 rings (SSSR count). The third-order valence-corrected chi connectivity index (χ3v) is 14.9. The van der Waals surface area contributed by atoms with Crippen LogP contribution in [0.5, 0.6) is 0 Å². The zero-order chi connectivity index (χ0) is 54.5. The molecular formula is C52H42BBrF4N8O8S2. The number of anilines is 2. The molecule has 24 heteroatoms. The number of benzene rings is 4. The molecule has 0 bridgehead atoms. The van der Waals surface area contributed by atoms with E-state index in [1.807, 2.05) is 54.6 Å². The lowest BCUT2D eigenvalue weighted by atomic mass is 9.81. The Labute approximate surface area is 440 Å². The SMILES string of the molecule is CCCS(=O)(=O)Nc1ccc(F)c(C(=O)c2c[nH]c3ncc(-c4cnc5ccccc5c4)cc23)c1F.CCCS(=O)(=O)Nc1ccc(F)c(C(=O)c2c[nH]c3ncc(Br)cc23)c1F.OB(O)c1cnc2ccccc2c1. The molecule has 6 heterocycles. The van der Waals surface area contributed by atoms with E-state index in [0.29, 0.717) is 50.4 Å². The lowest BCUT2D eigenvalue weighted by Crippen LogP contribution is -2.29. The van der Waals surface area contributed by atoms with Gasteiger partial charge in [-0.25, -0.2) is 44.4 Å². The monoisotopic (exact) mass is 1140 g/mol. The Balaban J connectivity index is 0.000000167. The second-order valence-electron chi connectivity index (χ2n) is 16.9. The predicted molar refractivity (Wildman–Crippen MR) is 287 cm³/mol. The van der Waals surface area contributed by atoms with Crippen LogP contribution in [0.15, 0.2) is 139 Å². The molecule has 4 aromatic carbocycles. The number of rotatable bonds is 14. The number of fused-ring (bicyclic) bond motifs is 4. The molecule has 0 saturated carbocycles. The first kappa shape index (κ1) is 54.4. The first-order valence-corrected chi connectivity index (χ1v) is 27.1. The van der Waals surface area contributed by atoms with E-state index in [1.165, 1.54) is 24.8 Å². The van der Waals surface area contributed by atoms with Crippen LogP contribution in [-0.4, -0.2) is 87.0 Å². The van der Waals surface area contributed by atoms with Crippen molar-refractivity contribution in [1.29, 1.82) is 0 Å². The van der Waals surface area contributed by atoms with Crippen molar-refractivity contribution in [2.24, 2.45) is 0 Å². The van der Waals surface area contributed by atoms with Crippen LogP contribution in [0.2, 0.25) is 0 Å². The normalized spacial score (nSPS) is 11.5. The van der Waals surface area contributed by atoms with Gasteiger partial charge in [0.05, 0.1) is 45.0 Å². The fourth-order valence-corrected chi connectivity index (χ4v) is 10.5. The first-order valence-electron chi connectivity index (χ1n) is 23.0. The number of carbonyl (C=O) groups is 2. The van der Waals surface area contributed by atoms with Crippen LogP contribution in [0.25, 0.3) is 55.0 Å². The molecule has 76 heavy (non-hydrogen) atoms. The van der Waals surface area contributed by atoms with Gasteiger partial charge in [0.25, 0.3) is 0 Å². The summed E-state index contributed by atoms with van der Waals surface area (Å²) >= 11 is 3.23. The van der Waals surface area contributed by atoms with E-state index in [9.17, 15) is 39.6 Å². The molecule has 0 aliphatic heterocycles. The molecule has 0 atom stereocenters. The Kier molecular flexibility index (Phi) is 16.4. The zero-order valence-corrected chi connectivity index (χ0v) is 43.2. The van der Waals surface area contributed by atoms with Gasteiger partial charge in [0.15, 0.2) is 11.6 Å². The van der Waals surface area contributed by atoms with Crippen molar-refractivity contribution in [2.75, 3.05) is 20.9 Å². The Bertz CT molecular complexity index is 4090. The smallest absolute Gasteiger partial charge is 0.423 e. The van der Waals surface area contributed by atoms with Crippen LogP contribution < -0.4 is 14.9 Å². The van der Waals surface area contributed by atoms with E-state index >= 15 is 4.39 Å². The number of carbonyl (C=O) groups excluding carboxylic acids is 2. The average molecular weight is 1140 g/mol. The molecule has 0 fully saturated rings. The highest BCUT2D eigenvalue weighted by atomic mass is 79.9. The van der Waals surface area contributed by atoms with Crippen molar-refractivity contribution in [3.8, 4) is 11.1 Å². The van der Waals surface area contributed by atoms with Crippen LogP contribution >= 0.6 is 15.9 Å². The van der Waals surface area contributed by atoms with Crippen molar-refractivity contribution < 1.29 is 54.0 Å². The van der Waals surface area contributed by atoms with Gasteiger partial charge in [-0.05, 0) is 88.8 Å². The Hall–Kier alpha value is -7.90. The Morgan fingerprint density at radius 2 is 1.04 bits per heavy atom. The van der Waals surface area contributed by atoms with Crippen LogP contribution in [-0.2, 0) is 20.0 Å². The third-order valence-electron chi connectivity index (χ3n) is 11.5. The maximum atomic E-state index is 15.2. The highest BCUT2D eigenvalue weighted by Crippen LogP contribution is 2.32. The third kappa shape index (κ3) is 12.1. The van der Waals surface area contributed by atoms with E-state index in [1.54, 1.807) is 44.4 Å². The number of ketones is 2. The van der Waals surface area contributed by atoms with Crippen molar-refractivity contribution in [2.45, 2.75) is 26.7 Å². The lowest BCUT2D eigenvalue weighted by molar-refractivity contribution is 0.102. The molecule has 0 aliphatic rings. The molecule has 6 N–H and O–H groups in total. The van der Waals surface area contributed by atoms with Crippen LogP contribution in [0, 0.1) is 23.3 Å². The number of nitrogens with one attached hydrogen (secondary N) is 4. The Morgan fingerprint density at radius 3 is 1.55 bits per heavy atom. The van der Waals surface area contributed by atoms with Gasteiger partial charge in [-0.1, -0.05) is 56.3 Å². The summed E-state index contributed by atoms with van der Waals surface area (Å²) in [5.74, 6) is -7.07. The Morgan fingerprint density at radius 1 is 0.592 bits per heavy atom. The maximum Gasteiger partial charge on any atom is 0.490 e. The molecule has 10 aromatic rings. The van der Waals surface area contributed by atoms with Gasteiger partial charge in [-0.15, -0.1) is 0 Å². The minimum atomic E-state index is -3.85. The summed E-state index contributed by atoms with van der Waals surface area (Å²) in [5, 5.41) is 20.4. The highest BCUT2D eigenvalue weighted by molar-refractivity contribution is 9.10. The largest absolute Gasteiger partial charge is 0.490 e. The number of hydrogen-bond donors (Lipinski definition) is 6. The number of pyridine rings is 4. The fourth-order valence-electron chi connectivity index (χ4n) is 7.90. The zero-order valence-electron chi connectivity index (χ0n) is 39.9. The van der Waals surface area contributed by atoms with Gasteiger partial charge < -0.3 is 20.0 Å². The van der Waals surface area contributed by atoms with Gasteiger partial charge in [0.1, 0.15) is 22.9 Å². The van der Waals surface area contributed by atoms with Crippen LogP contribution in [0.3, 0.4) is 0 Å². The summed E-state index contributed by atoms with van der Waals surface area (Å²) in [4.78, 5) is 48.7. The maximum absolute atomic E-state index is 15.2. The summed E-state index contributed by atoms with van der Waals surface area (Å²) in [7, 11) is -9.10. The molecule has 0 aliphatic carbocycles. The topological polar surface area (TPSA) is 250 Å². The number of nitrogens with zero attached hydrogens (tertiary/aromatic N) is 4. The number of para-hydroxylation sites is 2. The van der Waals surface area contributed by atoms with Gasteiger partial charge in [-0.2, -0.15) is 0 Å². The molecule has 0 radical (unpaired) electrons. The highest BCUT2D eigenvalue weighted by Gasteiger charge is 2.28. The van der Waals surface area contributed by atoms with E-state index in [4.69, 9.17) is 10.0 Å². The lowest BCUT2D eigenvalue weighted by Gasteiger charge is -2.11. The first-order chi connectivity index (χ1) is 36.3. The van der Waals surface area contributed by atoms with Crippen molar-refractivity contribution in [1.82, 2.24) is 29.9 Å². The van der Waals surface area contributed by atoms with Gasteiger partial charge in [0.2, 0.25) is 31.6 Å². The minimum absolute atomic E-state index is 0.000497. The van der Waals surface area contributed by atoms with Gasteiger partial charge >= 0.3 is 7.12 Å². The molecular weight excluding hydrogens is 1100 g/mol. The summed E-state index contributed by atoms with van der Waals surface area (Å²) < 4.78 is 112. The van der Waals surface area contributed by atoms with Crippen LogP contribution in [0.4, 0.5) is 28.9 Å². The second kappa shape index (κ2) is 22.9. The molecule has 388 valence electrons. The van der Waals surface area contributed by atoms with Gasteiger partial charge in [-0.3, -0.25) is 29.0 Å². The van der Waals surface area contributed by atoms with E-state index in [2.05, 4.69) is 55.3 Å². The molecule has 0 saturated heterocycles. The predicted octanol–water partition coefficient (Wildman–Crippen LogP) is 9.34. The van der Waals surface area contributed by atoms with E-state index < -0.39 is 84.5 Å². The van der Waals surface area contributed by atoms with Crippen molar-refractivity contribution in [3.05, 3.63) is 184 Å². The van der Waals surface area contributed by atoms with Crippen LogP contribution in [0.1, 0.15) is 58.5 Å². The molecule has 0 unspecified atom stereocenters. The quantitative estimate of drug-likeness (QED) is 0.0339. The minimum Gasteiger partial charge on any atom is -0.423 e. The fraction of sp³-hybridized carbons (Fsp3) is 0.115. The number of hydrogen-bond acceptors (Lipinski definition) is 12. The number of aromatic nitrogens is 6. The number of H-pyrrole nitrogens is 2. The summed E-state index contributed by atoms with van der Waals surface area (Å²) in [5.41, 5.74) is 1.60. The standard InChI is InChI=1S/C26H20F2N4O3S.C17H14BrF2N3O3S.C9H8BNO2/c1-2-9-36(34,35)32-22-8-7-20(27)23(24(22)28)25(33)19-14-31-26-18(19)11-17(13-30-26)16-10-15-5-3-4-6-21(15)29-12-16;1-2-5-27(25,26)23-13-4-3-12(19)14(15(13)20)16(24)11-8-22-17-10(11)6-9(18)7-21-17;12-10(13)8-5-7-3-1-2-4-9(7)11-6-8/h3-8,10-14,32H,2,9H2,1H3,(H,30,31);3-4,6-8,23H,2,5H2,1H3,(H,21,22);1-6,12-13H. The summed E-state index contributed by atoms with van der Waals surface area (Å²) in [6.45, 7) is 3.31. The summed E-state index contributed by atoms with van der Waals surface area (Å²) in [6, 6.07) is 25.7. The number of sulfonamides is 2. The average Bonchev–Trinajstić information content (AvgIpc) is 4.02. The molecule has 0 spiro atoms. The molecule has 0 amide bonds. The number of aromatic amines is 2. The number of halogens is 5.